The molecule has 3 nitrogen and oxygen atoms in total. The van der Waals surface area contributed by atoms with E-state index in [0.29, 0.717) is 5.92 Å². The van der Waals surface area contributed by atoms with E-state index in [1.165, 1.54) is 38.2 Å². The minimum absolute atomic E-state index is 0.112. The summed E-state index contributed by atoms with van der Waals surface area (Å²) in [5.74, 6) is 0.332. The molecule has 1 saturated carbocycles. The number of hydrogen-bond donors (Lipinski definition) is 1. The molecule has 3 heteroatoms. The maximum Gasteiger partial charge on any atom is 0.335 e. The van der Waals surface area contributed by atoms with Crippen molar-refractivity contribution in [2.75, 3.05) is 0 Å². The molecule has 0 spiro atoms. The van der Waals surface area contributed by atoms with Gasteiger partial charge in [0.05, 0.1) is 6.08 Å². The predicted octanol–water partition coefficient (Wildman–Crippen LogP) is 2.32. The van der Waals surface area contributed by atoms with Gasteiger partial charge >= 0.3 is 5.97 Å². The zero-order chi connectivity index (χ0) is 9.97. The first-order chi connectivity index (χ1) is 6.75. The standard InChI is InChI=1S/C11H16O3/c12-9-7-11(13)14-10(9)6-8-4-2-1-3-5-8/h7-8,10,12H,1-6H2. The zero-order valence-corrected chi connectivity index (χ0v) is 8.24. The Bertz CT molecular complexity index is 251. The Kier molecular flexibility index (Phi) is 2.75. The summed E-state index contributed by atoms with van der Waals surface area (Å²) in [5.41, 5.74) is 0. The number of carbonyl (C=O) groups excluding carboxylic acids is 1. The molecular formula is C11H16O3. The van der Waals surface area contributed by atoms with Crippen molar-refractivity contribution in [1.29, 1.82) is 0 Å². The van der Waals surface area contributed by atoms with Crippen molar-refractivity contribution >= 4 is 5.97 Å². The number of carbonyl (C=O) groups is 1. The number of aliphatic hydroxyl groups is 1. The van der Waals surface area contributed by atoms with Crippen molar-refractivity contribution < 1.29 is 14.6 Å². The third-order valence-corrected chi connectivity index (χ3v) is 3.13. The number of rotatable bonds is 2. The minimum Gasteiger partial charge on any atom is -0.508 e. The van der Waals surface area contributed by atoms with Gasteiger partial charge in [-0.2, -0.15) is 0 Å². The summed E-state index contributed by atoms with van der Waals surface area (Å²) < 4.78 is 4.99. The van der Waals surface area contributed by atoms with Gasteiger partial charge in [0.2, 0.25) is 0 Å². The highest BCUT2D eigenvalue weighted by Crippen LogP contribution is 2.30. The molecule has 0 aromatic heterocycles. The van der Waals surface area contributed by atoms with E-state index in [1.54, 1.807) is 0 Å². The molecule has 14 heavy (non-hydrogen) atoms. The van der Waals surface area contributed by atoms with Crippen LogP contribution in [0.25, 0.3) is 0 Å². The molecule has 0 aromatic carbocycles. The summed E-state index contributed by atoms with van der Waals surface area (Å²) in [6.45, 7) is 0. The zero-order valence-electron chi connectivity index (χ0n) is 8.24. The lowest BCUT2D eigenvalue weighted by Gasteiger charge is -2.23. The lowest BCUT2D eigenvalue weighted by molar-refractivity contribution is -0.140. The Morgan fingerprint density at radius 2 is 2.07 bits per heavy atom. The highest BCUT2D eigenvalue weighted by molar-refractivity contribution is 5.85. The van der Waals surface area contributed by atoms with E-state index >= 15 is 0 Å². The molecule has 1 atom stereocenters. The highest BCUT2D eigenvalue weighted by Gasteiger charge is 2.29. The summed E-state index contributed by atoms with van der Waals surface area (Å²) in [4.78, 5) is 10.8. The fourth-order valence-corrected chi connectivity index (χ4v) is 2.34. The SMILES string of the molecule is O=C1C=C(O)C(CC2CCCCC2)O1. The van der Waals surface area contributed by atoms with Gasteiger partial charge in [0.1, 0.15) is 5.76 Å². The number of esters is 1. The Labute approximate surface area is 83.8 Å². The van der Waals surface area contributed by atoms with E-state index in [9.17, 15) is 9.90 Å². The van der Waals surface area contributed by atoms with Crippen molar-refractivity contribution in [2.45, 2.75) is 44.6 Å². The largest absolute Gasteiger partial charge is 0.508 e. The van der Waals surface area contributed by atoms with E-state index in [1.807, 2.05) is 0 Å². The maximum atomic E-state index is 10.8. The Hall–Kier alpha value is -0.990. The van der Waals surface area contributed by atoms with E-state index in [4.69, 9.17) is 4.74 Å². The van der Waals surface area contributed by atoms with Crippen molar-refractivity contribution in [3.63, 3.8) is 0 Å². The normalized spacial score (nSPS) is 28.7. The average Bonchev–Trinajstić information content (AvgIpc) is 2.47. The lowest BCUT2D eigenvalue weighted by atomic mass is 9.85. The molecule has 1 aliphatic carbocycles. The van der Waals surface area contributed by atoms with Gasteiger partial charge in [-0.15, -0.1) is 0 Å². The summed E-state index contributed by atoms with van der Waals surface area (Å²) in [6.07, 6.45) is 7.92. The molecule has 1 unspecified atom stereocenters. The maximum absolute atomic E-state index is 10.8. The first-order valence-corrected chi connectivity index (χ1v) is 5.37. The van der Waals surface area contributed by atoms with Crippen LogP contribution in [0.3, 0.4) is 0 Å². The smallest absolute Gasteiger partial charge is 0.335 e. The van der Waals surface area contributed by atoms with Crippen LogP contribution in [-0.4, -0.2) is 17.2 Å². The van der Waals surface area contributed by atoms with Crippen molar-refractivity contribution in [2.24, 2.45) is 5.92 Å². The average molecular weight is 196 g/mol. The van der Waals surface area contributed by atoms with E-state index in [0.717, 1.165) is 6.42 Å². The quantitative estimate of drug-likeness (QED) is 0.689. The molecule has 0 aromatic rings. The third kappa shape index (κ3) is 2.08. The number of hydrogen-bond acceptors (Lipinski definition) is 3. The van der Waals surface area contributed by atoms with Crippen molar-refractivity contribution in [3.8, 4) is 0 Å². The fraction of sp³-hybridized carbons (Fsp3) is 0.727. The van der Waals surface area contributed by atoms with Crippen LogP contribution in [0.2, 0.25) is 0 Å². The van der Waals surface area contributed by atoms with Crippen LogP contribution < -0.4 is 0 Å². The van der Waals surface area contributed by atoms with Gasteiger partial charge in [-0.05, 0) is 12.3 Å². The third-order valence-electron chi connectivity index (χ3n) is 3.13. The van der Waals surface area contributed by atoms with Crippen molar-refractivity contribution in [3.05, 3.63) is 11.8 Å². The number of aliphatic hydroxyl groups excluding tert-OH is 1. The summed E-state index contributed by atoms with van der Waals surface area (Å²) in [6, 6.07) is 0. The van der Waals surface area contributed by atoms with E-state index in [2.05, 4.69) is 0 Å². The van der Waals surface area contributed by atoms with Crippen LogP contribution in [0.1, 0.15) is 38.5 Å². The second kappa shape index (κ2) is 4.03. The number of ether oxygens (including phenoxy) is 1. The van der Waals surface area contributed by atoms with E-state index in [-0.39, 0.29) is 11.9 Å². The lowest BCUT2D eigenvalue weighted by Crippen LogP contribution is -2.18. The molecule has 1 fully saturated rings. The summed E-state index contributed by atoms with van der Waals surface area (Å²) in [7, 11) is 0. The van der Waals surface area contributed by atoms with Crippen LogP contribution >= 0.6 is 0 Å². The summed E-state index contributed by atoms with van der Waals surface area (Å²) in [5, 5.41) is 9.41. The molecule has 0 bridgehead atoms. The molecule has 78 valence electrons. The molecule has 2 rings (SSSR count). The molecule has 1 aliphatic heterocycles. The molecular weight excluding hydrogens is 180 g/mol. The molecule has 0 radical (unpaired) electrons. The first-order valence-electron chi connectivity index (χ1n) is 5.37. The Balaban J connectivity index is 1.85. The Morgan fingerprint density at radius 1 is 1.36 bits per heavy atom. The molecule has 0 amide bonds. The number of cyclic esters (lactones) is 1. The van der Waals surface area contributed by atoms with Gasteiger partial charge in [0.25, 0.3) is 0 Å². The first kappa shape index (κ1) is 9.56. The topological polar surface area (TPSA) is 46.5 Å². The van der Waals surface area contributed by atoms with E-state index < -0.39 is 5.97 Å². The van der Waals surface area contributed by atoms with Crippen LogP contribution in [-0.2, 0) is 9.53 Å². The van der Waals surface area contributed by atoms with Gasteiger partial charge in [0.15, 0.2) is 6.10 Å². The molecule has 2 aliphatic rings. The molecule has 1 N–H and O–H groups in total. The predicted molar refractivity (Wildman–Crippen MR) is 51.8 cm³/mol. The van der Waals surface area contributed by atoms with Gasteiger partial charge < -0.3 is 9.84 Å². The van der Waals surface area contributed by atoms with Gasteiger partial charge in [-0.3, -0.25) is 0 Å². The summed E-state index contributed by atoms with van der Waals surface area (Å²) >= 11 is 0. The van der Waals surface area contributed by atoms with Gasteiger partial charge in [-0.1, -0.05) is 32.1 Å². The molecule has 0 saturated heterocycles. The highest BCUT2D eigenvalue weighted by atomic mass is 16.6. The molecule has 1 heterocycles. The van der Waals surface area contributed by atoms with Gasteiger partial charge in [-0.25, -0.2) is 4.79 Å². The van der Waals surface area contributed by atoms with Crippen LogP contribution in [0.15, 0.2) is 11.8 Å². The minimum atomic E-state index is -0.400. The monoisotopic (exact) mass is 196 g/mol. The Morgan fingerprint density at radius 3 is 2.64 bits per heavy atom. The second-order valence-corrected chi connectivity index (χ2v) is 4.23. The van der Waals surface area contributed by atoms with Crippen LogP contribution in [0.4, 0.5) is 0 Å². The second-order valence-electron chi connectivity index (χ2n) is 4.23. The van der Waals surface area contributed by atoms with Crippen LogP contribution in [0, 0.1) is 5.92 Å². The van der Waals surface area contributed by atoms with Crippen LogP contribution in [0.5, 0.6) is 0 Å². The van der Waals surface area contributed by atoms with Crippen molar-refractivity contribution in [1.82, 2.24) is 0 Å². The van der Waals surface area contributed by atoms with Gasteiger partial charge in [0, 0.05) is 0 Å². The fourth-order valence-electron chi connectivity index (χ4n) is 2.34.